The molecule has 1 aromatic carbocycles. The van der Waals surface area contributed by atoms with E-state index in [0.717, 1.165) is 10.0 Å². The van der Waals surface area contributed by atoms with E-state index < -0.39 is 5.60 Å². The summed E-state index contributed by atoms with van der Waals surface area (Å²) in [6.07, 6.45) is 0. The Balaban J connectivity index is 2.99. The monoisotopic (exact) mass is 213 g/mol. The van der Waals surface area contributed by atoms with Crippen molar-refractivity contribution in [2.45, 2.75) is 19.4 Å². The number of hydrogen-bond donors (Lipinski definition) is 0. The quantitative estimate of drug-likeness (QED) is 0.684. The number of halogens is 1. The first-order valence-corrected chi connectivity index (χ1v) is 4.26. The number of rotatable bonds is 1. The molecule has 0 atom stereocenters. The van der Waals surface area contributed by atoms with Gasteiger partial charge in [-0.3, -0.25) is 0 Å². The first-order chi connectivity index (χ1) is 5.00. The molecule has 0 fully saturated rings. The van der Waals surface area contributed by atoms with Gasteiger partial charge in [0.05, 0.1) is 0 Å². The van der Waals surface area contributed by atoms with Crippen LogP contribution in [0.25, 0.3) is 0 Å². The second-order valence-corrected chi connectivity index (χ2v) is 3.93. The van der Waals surface area contributed by atoms with E-state index in [1.54, 1.807) is 13.8 Å². The summed E-state index contributed by atoms with van der Waals surface area (Å²) in [6.45, 7) is 3.33. The highest BCUT2D eigenvalue weighted by molar-refractivity contribution is 9.10. The first-order valence-electron chi connectivity index (χ1n) is 3.46. The van der Waals surface area contributed by atoms with Crippen LogP contribution in [0, 0.1) is 0 Å². The molecule has 0 amide bonds. The average Bonchev–Trinajstić information content (AvgIpc) is 1.86. The highest BCUT2D eigenvalue weighted by Gasteiger charge is 2.17. The summed E-state index contributed by atoms with van der Waals surface area (Å²) >= 11 is 3.31. The standard InChI is InChI=1S/C9H10BrO/c1-9(2,11)7-3-5-8(10)6-4-7/h3-6H,1-2H3. The molecule has 0 aliphatic heterocycles. The highest BCUT2D eigenvalue weighted by atomic mass is 79.9. The van der Waals surface area contributed by atoms with E-state index >= 15 is 0 Å². The van der Waals surface area contributed by atoms with Crippen molar-refractivity contribution in [1.29, 1.82) is 0 Å². The fraction of sp³-hybridized carbons (Fsp3) is 0.333. The minimum Gasteiger partial charge on any atom is -0.225 e. The van der Waals surface area contributed by atoms with Gasteiger partial charge >= 0.3 is 0 Å². The van der Waals surface area contributed by atoms with E-state index in [0.29, 0.717) is 0 Å². The summed E-state index contributed by atoms with van der Waals surface area (Å²) in [4.78, 5) is 0. The molecule has 0 aromatic heterocycles. The number of hydrogen-bond acceptors (Lipinski definition) is 0. The van der Waals surface area contributed by atoms with Gasteiger partial charge in [0, 0.05) is 4.47 Å². The molecule has 0 aliphatic carbocycles. The normalized spacial score (nSPS) is 11.6. The Hall–Kier alpha value is -0.340. The summed E-state index contributed by atoms with van der Waals surface area (Å²) in [7, 11) is 0. The van der Waals surface area contributed by atoms with Crippen LogP contribution < -0.4 is 0 Å². The van der Waals surface area contributed by atoms with Crippen molar-refractivity contribution in [3.8, 4) is 0 Å². The molecule has 0 saturated carbocycles. The molecular weight excluding hydrogens is 204 g/mol. The van der Waals surface area contributed by atoms with Crippen LogP contribution in [0.2, 0.25) is 0 Å². The predicted octanol–water partition coefficient (Wildman–Crippen LogP) is 3.11. The van der Waals surface area contributed by atoms with Crippen LogP contribution in [-0.2, 0) is 10.7 Å². The van der Waals surface area contributed by atoms with Crippen molar-refractivity contribution in [3.63, 3.8) is 0 Å². The molecule has 0 aliphatic rings. The van der Waals surface area contributed by atoms with Crippen LogP contribution in [0.4, 0.5) is 0 Å². The van der Waals surface area contributed by atoms with Crippen molar-refractivity contribution in [1.82, 2.24) is 0 Å². The highest BCUT2D eigenvalue weighted by Crippen LogP contribution is 2.21. The van der Waals surface area contributed by atoms with E-state index in [1.807, 2.05) is 24.3 Å². The number of benzene rings is 1. The molecule has 0 spiro atoms. The Bertz CT molecular complexity index is 233. The molecule has 0 unspecified atom stereocenters. The Morgan fingerprint density at radius 3 is 2.00 bits per heavy atom. The van der Waals surface area contributed by atoms with Crippen molar-refractivity contribution >= 4 is 15.9 Å². The third-order valence-electron chi connectivity index (χ3n) is 1.54. The van der Waals surface area contributed by atoms with Crippen LogP contribution in [-0.4, -0.2) is 0 Å². The van der Waals surface area contributed by atoms with Crippen molar-refractivity contribution < 1.29 is 5.11 Å². The van der Waals surface area contributed by atoms with E-state index in [-0.39, 0.29) is 0 Å². The molecule has 0 N–H and O–H groups in total. The predicted molar refractivity (Wildman–Crippen MR) is 47.9 cm³/mol. The molecule has 0 saturated heterocycles. The van der Waals surface area contributed by atoms with Crippen molar-refractivity contribution in [2.75, 3.05) is 0 Å². The molecular formula is C9H10BrO. The molecule has 1 rings (SSSR count). The van der Waals surface area contributed by atoms with Crippen LogP contribution in [0.1, 0.15) is 19.4 Å². The lowest BCUT2D eigenvalue weighted by Crippen LogP contribution is -2.12. The summed E-state index contributed by atoms with van der Waals surface area (Å²) in [6, 6.07) is 7.46. The Morgan fingerprint density at radius 1 is 1.18 bits per heavy atom. The topological polar surface area (TPSA) is 19.9 Å². The largest absolute Gasteiger partial charge is 0.225 e. The van der Waals surface area contributed by atoms with Crippen LogP contribution in [0.3, 0.4) is 0 Å². The second-order valence-electron chi connectivity index (χ2n) is 3.02. The third kappa shape index (κ3) is 2.31. The minimum absolute atomic E-state index is 0.820. The molecule has 1 radical (unpaired) electrons. The van der Waals surface area contributed by atoms with Gasteiger partial charge in [-0.25, -0.2) is 5.11 Å². The first kappa shape index (κ1) is 8.75. The Morgan fingerprint density at radius 2 is 1.64 bits per heavy atom. The summed E-state index contributed by atoms with van der Waals surface area (Å²) in [5.41, 5.74) is -0.165. The fourth-order valence-corrected chi connectivity index (χ4v) is 1.12. The van der Waals surface area contributed by atoms with Gasteiger partial charge in [0.1, 0.15) is 5.60 Å². The van der Waals surface area contributed by atoms with Gasteiger partial charge in [0.2, 0.25) is 0 Å². The summed E-state index contributed by atoms with van der Waals surface area (Å²) < 4.78 is 1.01. The van der Waals surface area contributed by atoms with Gasteiger partial charge in [-0.1, -0.05) is 28.1 Å². The summed E-state index contributed by atoms with van der Waals surface area (Å²) in [5, 5.41) is 11.4. The summed E-state index contributed by atoms with van der Waals surface area (Å²) in [5.74, 6) is 0. The van der Waals surface area contributed by atoms with Crippen LogP contribution in [0.5, 0.6) is 0 Å². The molecule has 1 nitrogen and oxygen atoms in total. The molecule has 11 heavy (non-hydrogen) atoms. The smallest absolute Gasteiger partial charge is 0.123 e. The lowest BCUT2D eigenvalue weighted by Gasteiger charge is -2.13. The molecule has 1 aromatic rings. The maximum atomic E-state index is 11.4. The van der Waals surface area contributed by atoms with Crippen LogP contribution in [0.15, 0.2) is 28.7 Å². The Labute approximate surface area is 75.2 Å². The lowest BCUT2D eigenvalue weighted by molar-refractivity contribution is -0.000108. The zero-order chi connectivity index (χ0) is 8.48. The van der Waals surface area contributed by atoms with Crippen molar-refractivity contribution in [2.24, 2.45) is 0 Å². The van der Waals surface area contributed by atoms with Crippen LogP contribution >= 0.6 is 15.9 Å². The SMILES string of the molecule is CC(C)([O])c1ccc(Br)cc1. The molecule has 2 heteroatoms. The zero-order valence-electron chi connectivity index (χ0n) is 6.60. The van der Waals surface area contributed by atoms with Gasteiger partial charge in [0.25, 0.3) is 0 Å². The second kappa shape index (κ2) is 2.95. The van der Waals surface area contributed by atoms with E-state index in [4.69, 9.17) is 0 Å². The van der Waals surface area contributed by atoms with Gasteiger partial charge in [-0.15, -0.1) is 0 Å². The molecule has 0 bridgehead atoms. The Kier molecular flexibility index (Phi) is 2.35. The third-order valence-corrected chi connectivity index (χ3v) is 2.07. The van der Waals surface area contributed by atoms with E-state index in [2.05, 4.69) is 15.9 Å². The lowest BCUT2D eigenvalue weighted by atomic mass is 9.99. The van der Waals surface area contributed by atoms with Gasteiger partial charge in [-0.05, 0) is 31.5 Å². The van der Waals surface area contributed by atoms with Gasteiger partial charge in [0.15, 0.2) is 0 Å². The van der Waals surface area contributed by atoms with E-state index in [1.165, 1.54) is 0 Å². The van der Waals surface area contributed by atoms with Gasteiger partial charge < -0.3 is 0 Å². The van der Waals surface area contributed by atoms with Crippen molar-refractivity contribution in [3.05, 3.63) is 34.3 Å². The molecule has 0 heterocycles. The average molecular weight is 214 g/mol. The van der Waals surface area contributed by atoms with E-state index in [9.17, 15) is 5.11 Å². The zero-order valence-corrected chi connectivity index (χ0v) is 8.18. The maximum Gasteiger partial charge on any atom is 0.123 e. The minimum atomic E-state index is -0.985. The van der Waals surface area contributed by atoms with Gasteiger partial charge in [-0.2, -0.15) is 0 Å². The molecule has 59 valence electrons. The fourth-order valence-electron chi connectivity index (χ4n) is 0.851. The maximum absolute atomic E-state index is 11.4.